The molecular formula is C46H52FN13O4. The molecular weight excluding hydrogens is 818 g/mol. The number of imide groups is 1. The van der Waals surface area contributed by atoms with Gasteiger partial charge in [0.2, 0.25) is 11.9 Å². The first-order valence-electron chi connectivity index (χ1n) is 22.2. The van der Waals surface area contributed by atoms with Crippen molar-refractivity contribution < 1.29 is 19.1 Å². The number of carbonyl (C=O) groups is 2. The minimum Gasteiger partial charge on any atom is -0.384 e. The van der Waals surface area contributed by atoms with E-state index in [1.807, 2.05) is 37.3 Å². The van der Waals surface area contributed by atoms with Crippen molar-refractivity contribution in [1.29, 1.82) is 0 Å². The van der Waals surface area contributed by atoms with Gasteiger partial charge in [0.15, 0.2) is 17.3 Å². The Morgan fingerprint density at radius 3 is 2.47 bits per heavy atom. The second-order valence-electron chi connectivity index (χ2n) is 17.4. The number of rotatable bonds is 11. The molecule has 1 aliphatic carbocycles. The number of aromatic nitrogens is 7. The van der Waals surface area contributed by atoms with E-state index in [0.29, 0.717) is 77.2 Å². The molecule has 0 bridgehead atoms. The number of carbonyl (C=O) groups excluding carboxylic acids is 2. The highest BCUT2D eigenvalue weighted by Gasteiger charge is 2.37. The van der Waals surface area contributed by atoms with E-state index in [4.69, 9.17) is 9.97 Å². The van der Waals surface area contributed by atoms with Crippen molar-refractivity contribution in [2.24, 2.45) is 13.0 Å². The molecule has 3 aliphatic heterocycles. The smallest absolute Gasteiger partial charge is 0.329 e. The molecule has 0 spiro atoms. The third kappa shape index (κ3) is 7.43. The monoisotopic (exact) mass is 869 g/mol. The van der Waals surface area contributed by atoms with Gasteiger partial charge in [0.05, 0.1) is 23.4 Å². The summed E-state index contributed by atoms with van der Waals surface area (Å²) in [6.45, 7) is 12.3. The maximum atomic E-state index is 15.7. The molecule has 0 unspecified atom stereocenters. The summed E-state index contributed by atoms with van der Waals surface area (Å²) in [5, 5.41) is 22.3. The van der Waals surface area contributed by atoms with Crippen molar-refractivity contribution in [2.75, 3.05) is 72.4 Å². The van der Waals surface area contributed by atoms with Gasteiger partial charge in [-0.1, -0.05) is 19.1 Å². The number of urea groups is 1. The Hall–Kier alpha value is -6.66. The van der Waals surface area contributed by atoms with Crippen molar-refractivity contribution in [3.8, 4) is 5.82 Å². The van der Waals surface area contributed by atoms with Gasteiger partial charge < -0.3 is 20.2 Å². The number of hydrogen-bond acceptors (Lipinski definition) is 12. The van der Waals surface area contributed by atoms with Crippen LogP contribution in [-0.2, 0) is 30.4 Å². The van der Waals surface area contributed by atoms with Gasteiger partial charge in [-0.25, -0.2) is 28.5 Å². The van der Waals surface area contributed by atoms with Crippen LogP contribution in [0.15, 0.2) is 72.2 Å². The van der Waals surface area contributed by atoms with Gasteiger partial charge in [-0.15, -0.1) is 6.58 Å². The predicted molar refractivity (Wildman–Crippen MR) is 243 cm³/mol. The van der Waals surface area contributed by atoms with Crippen molar-refractivity contribution in [3.05, 3.63) is 94.8 Å². The fourth-order valence-corrected chi connectivity index (χ4v) is 9.86. The molecule has 64 heavy (non-hydrogen) atoms. The Bertz CT molecular complexity index is 2860. The lowest BCUT2D eigenvalue weighted by molar-refractivity contribution is -0.120. The molecule has 3 amide bonds. The maximum absolute atomic E-state index is 15.7. The van der Waals surface area contributed by atoms with Gasteiger partial charge in [-0.3, -0.25) is 29.4 Å². The Balaban J connectivity index is 0.750. The number of aryl methyl sites for hydroxylation is 2. The van der Waals surface area contributed by atoms with Crippen LogP contribution in [0.5, 0.6) is 0 Å². The number of pyridine rings is 1. The Morgan fingerprint density at radius 2 is 1.73 bits per heavy atom. The third-order valence-electron chi connectivity index (χ3n) is 13.5. The summed E-state index contributed by atoms with van der Waals surface area (Å²) in [6.07, 6.45) is 7.45. The second kappa shape index (κ2) is 16.5. The number of halogens is 1. The first-order chi connectivity index (χ1) is 31.0. The average molecular weight is 870 g/mol. The second-order valence-corrected chi connectivity index (χ2v) is 17.4. The van der Waals surface area contributed by atoms with E-state index >= 15 is 4.39 Å². The Kier molecular flexibility index (Phi) is 10.6. The summed E-state index contributed by atoms with van der Waals surface area (Å²) in [5.41, 5.74) is 4.04. The molecule has 1 atom stereocenters. The molecule has 3 N–H and O–H groups in total. The van der Waals surface area contributed by atoms with Crippen LogP contribution >= 0.6 is 0 Å². The number of hydrogen-bond donors (Lipinski definition) is 3. The molecule has 10 rings (SSSR count). The summed E-state index contributed by atoms with van der Waals surface area (Å²) >= 11 is 0. The minimum absolute atomic E-state index is 0.168. The largest absolute Gasteiger partial charge is 0.384 e. The number of fused-ring (bicyclic) bond motifs is 3. The van der Waals surface area contributed by atoms with Crippen LogP contribution in [0.1, 0.15) is 50.3 Å². The van der Waals surface area contributed by atoms with Gasteiger partial charge in [-0.2, -0.15) is 10.1 Å². The Labute approximate surface area is 368 Å². The van der Waals surface area contributed by atoms with Gasteiger partial charge in [-0.05, 0) is 86.1 Å². The minimum atomic E-state index is -1.00. The number of amides is 3. The molecule has 4 aromatic heterocycles. The number of allylic oxidation sites excluding steroid dienone is 1. The number of piperazine rings is 1. The van der Waals surface area contributed by atoms with Crippen LogP contribution in [0.3, 0.4) is 0 Å². The summed E-state index contributed by atoms with van der Waals surface area (Å²) in [4.78, 5) is 60.4. The number of aliphatic hydroxyl groups is 1. The van der Waals surface area contributed by atoms with Crippen LogP contribution in [0, 0.1) is 11.7 Å². The SMILES string of the molecule is C=CCn1c(=O)c2cnc(Nc3ccc(N4CCC(CN5CCN(c6cc7c(cc6F)c(N6CCC(=O)NC6=O)nn7C)CC5)CC4)cc3)nc2n1-c1ccc2c(n1)[C@@](O)(CC)CC2. The van der Waals surface area contributed by atoms with Crippen LogP contribution in [0.4, 0.5) is 38.0 Å². The molecule has 0 saturated carbocycles. The molecule has 2 aromatic carbocycles. The van der Waals surface area contributed by atoms with Gasteiger partial charge >= 0.3 is 6.03 Å². The van der Waals surface area contributed by atoms with E-state index in [1.165, 1.54) is 11.0 Å². The molecule has 4 aliphatic rings. The van der Waals surface area contributed by atoms with Gasteiger partial charge in [0, 0.05) is 88.8 Å². The van der Waals surface area contributed by atoms with E-state index in [0.717, 1.165) is 74.4 Å². The fourth-order valence-electron chi connectivity index (χ4n) is 9.86. The topological polar surface area (TPSA) is 175 Å². The normalized spacial score (nSPS) is 19.8. The quantitative estimate of drug-likeness (QED) is 0.150. The molecule has 3 fully saturated rings. The van der Waals surface area contributed by atoms with Crippen molar-refractivity contribution in [2.45, 2.75) is 57.6 Å². The standard InChI is InChI=1S/C46H52FN13O4/c1-4-17-59-43(62)34-27-48-44(52-41(34)60(59)38-11-6-30-12-16-46(64,5-2)40(30)50-38)49-31-7-9-32(10-8-31)56-18-13-29(14-19-56)28-55-21-23-57(24-22-55)37-26-36-33(25-35(37)47)42(53-54(36)3)58-20-15-39(61)51-45(58)63/h4,6-11,25-27,29,64H,1,5,12-24,28H2,2-3H3,(H,48,49,52)(H,51,61,63)/t46-/m1/s1. The molecule has 18 heteroatoms. The summed E-state index contributed by atoms with van der Waals surface area (Å²) < 4.78 is 20.6. The van der Waals surface area contributed by atoms with Gasteiger partial charge in [0.25, 0.3) is 5.56 Å². The predicted octanol–water partition coefficient (Wildman–Crippen LogP) is 4.96. The van der Waals surface area contributed by atoms with E-state index in [2.05, 4.69) is 54.1 Å². The number of piperidine rings is 1. The lowest BCUT2D eigenvalue weighted by atomic mass is 9.95. The molecule has 3 saturated heterocycles. The zero-order valence-corrected chi connectivity index (χ0v) is 36.1. The van der Waals surface area contributed by atoms with Crippen LogP contribution in [0.2, 0.25) is 0 Å². The third-order valence-corrected chi connectivity index (χ3v) is 13.5. The molecule has 6 aromatic rings. The first-order valence-corrected chi connectivity index (χ1v) is 22.2. The number of benzene rings is 2. The zero-order valence-electron chi connectivity index (χ0n) is 36.1. The number of anilines is 5. The fraction of sp³-hybridized carbons (Fsp3) is 0.413. The molecule has 332 valence electrons. The summed E-state index contributed by atoms with van der Waals surface area (Å²) in [7, 11) is 1.78. The van der Waals surface area contributed by atoms with E-state index in [9.17, 15) is 19.5 Å². The summed E-state index contributed by atoms with van der Waals surface area (Å²) in [5.74, 6) is 1.08. The maximum Gasteiger partial charge on any atom is 0.329 e. The average Bonchev–Trinajstić information content (AvgIpc) is 3.91. The molecule has 0 radical (unpaired) electrons. The first kappa shape index (κ1) is 41.4. The van der Waals surface area contributed by atoms with Crippen molar-refractivity contribution in [3.63, 3.8) is 0 Å². The highest BCUT2D eigenvalue weighted by Crippen LogP contribution is 2.39. The highest BCUT2D eigenvalue weighted by atomic mass is 19.1. The molecule has 17 nitrogen and oxygen atoms in total. The van der Waals surface area contributed by atoms with E-state index in [-0.39, 0.29) is 36.8 Å². The number of nitrogens with one attached hydrogen (secondary N) is 2. The zero-order chi connectivity index (χ0) is 44.3. The highest BCUT2D eigenvalue weighted by molar-refractivity contribution is 6.09. The van der Waals surface area contributed by atoms with Crippen molar-refractivity contribution in [1.82, 2.24) is 44.3 Å². The van der Waals surface area contributed by atoms with Gasteiger partial charge in [0.1, 0.15) is 16.8 Å². The van der Waals surface area contributed by atoms with E-state index < -0.39 is 11.6 Å². The van der Waals surface area contributed by atoms with Crippen LogP contribution in [-0.4, -0.2) is 108 Å². The lowest BCUT2D eigenvalue weighted by Crippen LogP contribution is -2.49. The van der Waals surface area contributed by atoms with E-state index in [1.54, 1.807) is 33.4 Å². The van der Waals surface area contributed by atoms with Crippen molar-refractivity contribution >= 4 is 62.7 Å². The lowest BCUT2D eigenvalue weighted by Gasteiger charge is -2.40. The van der Waals surface area contributed by atoms with Crippen LogP contribution in [0.25, 0.3) is 27.8 Å². The molecule has 7 heterocycles. The Morgan fingerprint density at radius 1 is 0.953 bits per heavy atom. The summed E-state index contributed by atoms with van der Waals surface area (Å²) in [6, 6.07) is 14.8. The number of nitrogens with zero attached hydrogens (tertiary/aromatic N) is 11. The van der Waals surface area contributed by atoms with Crippen LogP contribution < -0.4 is 30.9 Å².